The van der Waals surface area contributed by atoms with Crippen LogP contribution in [0.25, 0.3) is 0 Å². The van der Waals surface area contributed by atoms with Crippen LogP contribution in [0.3, 0.4) is 0 Å². The summed E-state index contributed by atoms with van der Waals surface area (Å²) >= 11 is 0. The van der Waals surface area contributed by atoms with Crippen LogP contribution in [0.5, 0.6) is 0 Å². The normalized spacial score (nSPS) is 13.0. The second kappa shape index (κ2) is 7.66. The molecule has 0 saturated heterocycles. The van der Waals surface area contributed by atoms with Crippen molar-refractivity contribution in [1.82, 2.24) is 10.2 Å². The number of aryl methyl sites for hydroxylation is 3. The minimum atomic E-state index is 0.458. The zero-order valence-corrected chi connectivity index (χ0v) is 13.5. The third-order valence-electron chi connectivity index (χ3n) is 4.23. The zero-order valence-electron chi connectivity index (χ0n) is 13.5. The van der Waals surface area contributed by atoms with E-state index in [1.807, 2.05) is 0 Å². The van der Waals surface area contributed by atoms with Gasteiger partial charge in [-0.3, -0.25) is 0 Å². The molecular formula is C17H30N2. The number of nitrogens with one attached hydrogen (secondary N) is 1. The van der Waals surface area contributed by atoms with Crippen LogP contribution < -0.4 is 5.32 Å². The first-order valence-electron chi connectivity index (χ1n) is 7.50. The van der Waals surface area contributed by atoms with Crippen LogP contribution in [-0.2, 0) is 0 Å². The topological polar surface area (TPSA) is 15.3 Å². The smallest absolute Gasteiger partial charge is 0.0332 e. The Hall–Kier alpha value is -0.860. The average molecular weight is 262 g/mol. The molecule has 2 heteroatoms. The molecule has 0 spiro atoms. The molecule has 1 N–H and O–H groups in total. The molecule has 0 amide bonds. The molecule has 0 radical (unpaired) electrons. The van der Waals surface area contributed by atoms with E-state index in [0.717, 1.165) is 19.6 Å². The number of hydrogen-bond acceptors (Lipinski definition) is 2. The molecule has 0 saturated carbocycles. The van der Waals surface area contributed by atoms with Gasteiger partial charge in [0.15, 0.2) is 0 Å². The van der Waals surface area contributed by atoms with Gasteiger partial charge in [-0.2, -0.15) is 0 Å². The quantitative estimate of drug-likeness (QED) is 0.807. The minimum Gasteiger partial charge on any atom is -0.313 e. The monoisotopic (exact) mass is 262 g/mol. The number of hydrogen-bond donors (Lipinski definition) is 1. The van der Waals surface area contributed by atoms with Crippen LogP contribution in [0.4, 0.5) is 0 Å². The van der Waals surface area contributed by atoms with Gasteiger partial charge in [-0.05, 0) is 76.1 Å². The summed E-state index contributed by atoms with van der Waals surface area (Å²) in [6.45, 7) is 14.5. The molecular weight excluding hydrogens is 232 g/mol. The molecule has 1 atom stereocenters. The Morgan fingerprint density at radius 3 is 2.11 bits per heavy atom. The summed E-state index contributed by atoms with van der Waals surface area (Å²) in [5.74, 6) is 0. The molecule has 0 fully saturated rings. The molecule has 0 heterocycles. The highest BCUT2D eigenvalue weighted by Gasteiger charge is 2.14. The fraction of sp³-hybridized carbons (Fsp3) is 0.647. The molecule has 0 aliphatic rings. The second-order valence-electron chi connectivity index (χ2n) is 5.45. The minimum absolute atomic E-state index is 0.458. The maximum Gasteiger partial charge on any atom is 0.0332 e. The second-order valence-corrected chi connectivity index (χ2v) is 5.45. The van der Waals surface area contributed by atoms with Crippen LogP contribution in [0, 0.1) is 20.8 Å². The Bertz CT molecular complexity index is 394. The van der Waals surface area contributed by atoms with Crippen molar-refractivity contribution < 1.29 is 0 Å². The molecule has 0 aromatic heterocycles. The van der Waals surface area contributed by atoms with Crippen LogP contribution >= 0.6 is 0 Å². The first-order chi connectivity index (χ1) is 9.03. The van der Waals surface area contributed by atoms with Gasteiger partial charge in [0.2, 0.25) is 0 Å². The lowest BCUT2D eigenvalue weighted by atomic mass is 9.94. The van der Waals surface area contributed by atoms with Crippen LogP contribution in [0.15, 0.2) is 12.1 Å². The fourth-order valence-electron chi connectivity index (χ4n) is 2.67. The van der Waals surface area contributed by atoms with E-state index >= 15 is 0 Å². The summed E-state index contributed by atoms with van der Waals surface area (Å²) in [4.78, 5) is 2.49. The Balaban J connectivity index is 2.82. The predicted octanol–water partition coefficient (Wildman–Crippen LogP) is 3.60. The zero-order chi connectivity index (χ0) is 14.4. The van der Waals surface area contributed by atoms with E-state index in [4.69, 9.17) is 0 Å². The van der Waals surface area contributed by atoms with E-state index in [1.54, 1.807) is 0 Å². The maximum atomic E-state index is 3.48. The van der Waals surface area contributed by atoms with Crippen molar-refractivity contribution in [2.24, 2.45) is 0 Å². The van der Waals surface area contributed by atoms with Gasteiger partial charge >= 0.3 is 0 Å². The fourth-order valence-corrected chi connectivity index (χ4v) is 2.67. The Morgan fingerprint density at radius 2 is 1.58 bits per heavy atom. The Labute approximate surface area is 119 Å². The molecule has 2 nitrogen and oxygen atoms in total. The van der Waals surface area contributed by atoms with Gasteiger partial charge in [-0.25, -0.2) is 0 Å². The summed E-state index contributed by atoms with van der Waals surface area (Å²) < 4.78 is 0. The van der Waals surface area contributed by atoms with E-state index in [0.29, 0.717) is 6.04 Å². The van der Waals surface area contributed by atoms with E-state index in [2.05, 4.69) is 64.0 Å². The lowest BCUT2D eigenvalue weighted by Gasteiger charge is -2.24. The largest absolute Gasteiger partial charge is 0.313 e. The molecule has 1 aromatic carbocycles. The summed E-state index contributed by atoms with van der Waals surface area (Å²) in [6.07, 6.45) is 1.17. The Morgan fingerprint density at radius 1 is 1.00 bits per heavy atom. The molecule has 1 rings (SSSR count). The van der Waals surface area contributed by atoms with Gasteiger partial charge in [0.25, 0.3) is 0 Å². The van der Waals surface area contributed by atoms with Gasteiger partial charge in [0.1, 0.15) is 0 Å². The van der Waals surface area contributed by atoms with Gasteiger partial charge in [-0.15, -0.1) is 0 Å². The number of rotatable bonds is 7. The maximum absolute atomic E-state index is 3.48. The van der Waals surface area contributed by atoms with Crippen molar-refractivity contribution in [1.29, 1.82) is 0 Å². The third-order valence-corrected chi connectivity index (χ3v) is 4.23. The molecule has 108 valence electrons. The molecule has 19 heavy (non-hydrogen) atoms. The standard InChI is InChI=1S/C17H30N2/c1-7-19(8-2)10-9-17(18-6)16-12-14(4)13(3)11-15(16)5/h11-12,17-18H,7-10H2,1-6H3. The van der Waals surface area contributed by atoms with E-state index < -0.39 is 0 Å². The average Bonchev–Trinajstić information content (AvgIpc) is 2.40. The predicted molar refractivity (Wildman–Crippen MR) is 84.9 cm³/mol. The van der Waals surface area contributed by atoms with Crippen molar-refractivity contribution in [2.75, 3.05) is 26.7 Å². The van der Waals surface area contributed by atoms with Crippen molar-refractivity contribution in [3.63, 3.8) is 0 Å². The first kappa shape index (κ1) is 16.2. The third kappa shape index (κ3) is 4.32. The van der Waals surface area contributed by atoms with E-state index in [-0.39, 0.29) is 0 Å². The SMILES string of the molecule is CCN(CC)CCC(NC)c1cc(C)c(C)cc1C. The van der Waals surface area contributed by atoms with Crippen molar-refractivity contribution in [3.8, 4) is 0 Å². The van der Waals surface area contributed by atoms with Crippen molar-refractivity contribution in [2.45, 2.75) is 47.1 Å². The van der Waals surface area contributed by atoms with Gasteiger partial charge in [0.05, 0.1) is 0 Å². The summed E-state index contributed by atoms with van der Waals surface area (Å²) in [6, 6.07) is 5.13. The van der Waals surface area contributed by atoms with E-state index in [1.165, 1.54) is 28.7 Å². The van der Waals surface area contributed by atoms with E-state index in [9.17, 15) is 0 Å². The molecule has 1 aromatic rings. The lowest BCUT2D eigenvalue weighted by Crippen LogP contribution is -2.28. The van der Waals surface area contributed by atoms with Crippen LogP contribution in [0.2, 0.25) is 0 Å². The highest BCUT2D eigenvalue weighted by Crippen LogP contribution is 2.24. The van der Waals surface area contributed by atoms with Gasteiger partial charge in [0, 0.05) is 6.04 Å². The highest BCUT2D eigenvalue weighted by molar-refractivity contribution is 5.38. The lowest BCUT2D eigenvalue weighted by molar-refractivity contribution is 0.284. The van der Waals surface area contributed by atoms with Crippen molar-refractivity contribution >= 4 is 0 Å². The number of nitrogens with zero attached hydrogens (tertiary/aromatic N) is 1. The van der Waals surface area contributed by atoms with Crippen LogP contribution in [-0.4, -0.2) is 31.6 Å². The van der Waals surface area contributed by atoms with Crippen molar-refractivity contribution in [3.05, 3.63) is 34.4 Å². The molecule has 1 unspecified atom stereocenters. The summed E-state index contributed by atoms with van der Waals surface area (Å²) in [5, 5.41) is 3.48. The van der Waals surface area contributed by atoms with Crippen LogP contribution in [0.1, 0.15) is 48.6 Å². The summed E-state index contributed by atoms with van der Waals surface area (Å²) in [5.41, 5.74) is 5.64. The van der Waals surface area contributed by atoms with Gasteiger partial charge in [-0.1, -0.05) is 26.0 Å². The van der Waals surface area contributed by atoms with Gasteiger partial charge < -0.3 is 10.2 Å². The summed E-state index contributed by atoms with van der Waals surface area (Å²) in [7, 11) is 2.07. The number of benzene rings is 1. The highest BCUT2D eigenvalue weighted by atomic mass is 15.1. The molecule has 0 aliphatic carbocycles. The molecule has 0 bridgehead atoms. The Kier molecular flexibility index (Phi) is 6.53. The molecule has 0 aliphatic heterocycles. The first-order valence-corrected chi connectivity index (χ1v) is 7.50.